The number of hydrogen-bond acceptors (Lipinski definition) is 4. The SMILES string of the molecule is CCOCC(=O)N1C[C@@H]2C[C@H](C1)c1ccc(CN3CCCC3)c(=O)n1C2. The highest BCUT2D eigenvalue weighted by atomic mass is 16.5. The Kier molecular flexibility index (Phi) is 5.14. The van der Waals surface area contributed by atoms with Crippen LogP contribution in [0.1, 0.15) is 43.4 Å². The molecule has 0 spiro atoms. The van der Waals surface area contributed by atoms with Gasteiger partial charge < -0.3 is 14.2 Å². The fraction of sp³-hybridized carbons (Fsp3) is 0.700. The molecule has 6 nitrogen and oxygen atoms in total. The van der Waals surface area contributed by atoms with Crippen LogP contribution in [0.4, 0.5) is 0 Å². The van der Waals surface area contributed by atoms with E-state index in [0.29, 0.717) is 19.1 Å². The number of likely N-dealkylation sites (tertiary alicyclic amines) is 2. The van der Waals surface area contributed by atoms with Crippen molar-refractivity contribution in [2.24, 2.45) is 5.92 Å². The molecule has 0 N–H and O–H groups in total. The molecular formula is C20H29N3O3. The van der Waals surface area contributed by atoms with E-state index in [2.05, 4.69) is 11.0 Å². The van der Waals surface area contributed by atoms with Gasteiger partial charge in [-0.1, -0.05) is 6.07 Å². The topological polar surface area (TPSA) is 54.8 Å². The third-order valence-corrected chi connectivity index (χ3v) is 6.06. The van der Waals surface area contributed by atoms with E-state index in [9.17, 15) is 9.59 Å². The number of ether oxygens (including phenoxy) is 1. The van der Waals surface area contributed by atoms with Crippen LogP contribution in [0.15, 0.2) is 16.9 Å². The van der Waals surface area contributed by atoms with Gasteiger partial charge in [-0.05, 0) is 51.3 Å². The van der Waals surface area contributed by atoms with E-state index in [-0.39, 0.29) is 24.0 Å². The largest absolute Gasteiger partial charge is 0.372 e. The van der Waals surface area contributed by atoms with Gasteiger partial charge in [0, 0.05) is 50.0 Å². The lowest BCUT2D eigenvalue weighted by Crippen LogP contribution is -2.50. The van der Waals surface area contributed by atoms with Gasteiger partial charge in [0.25, 0.3) is 5.56 Å². The summed E-state index contributed by atoms with van der Waals surface area (Å²) in [6.07, 6.45) is 3.55. The molecule has 2 bridgehead atoms. The average Bonchev–Trinajstić information content (AvgIpc) is 3.15. The summed E-state index contributed by atoms with van der Waals surface area (Å²) in [5.74, 6) is 0.705. The number of amides is 1. The van der Waals surface area contributed by atoms with E-state index >= 15 is 0 Å². The third kappa shape index (κ3) is 3.45. The summed E-state index contributed by atoms with van der Waals surface area (Å²) in [7, 11) is 0. The third-order valence-electron chi connectivity index (χ3n) is 6.06. The van der Waals surface area contributed by atoms with Crippen molar-refractivity contribution >= 4 is 5.91 Å². The summed E-state index contributed by atoms with van der Waals surface area (Å²) in [5.41, 5.74) is 2.20. The summed E-state index contributed by atoms with van der Waals surface area (Å²) in [5, 5.41) is 0. The second kappa shape index (κ2) is 7.53. The van der Waals surface area contributed by atoms with Crippen molar-refractivity contribution < 1.29 is 9.53 Å². The summed E-state index contributed by atoms with van der Waals surface area (Å²) in [6.45, 7) is 7.78. The Labute approximate surface area is 154 Å². The van der Waals surface area contributed by atoms with Crippen molar-refractivity contribution in [3.05, 3.63) is 33.7 Å². The van der Waals surface area contributed by atoms with Crippen molar-refractivity contribution in [3.8, 4) is 0 Å². The number of nitrogens with zero attached hydrogens (tertiary/aromatic N) is 3. The van der Waals surface area contributed by atoms with Crippen molar-refractivity contribution in [3.63, 3.8) is 0 Å². The second-order valence-corrected chi connectivity index (χ2v) is 7.92. The molecule has 0 aromatic carbocycles. The van der Waals surface area contributed by atoms with Crippen LogP contribution in [0.2, 0.25) is 0 Å². The van der Waals surface area contributed by atoms with Gasteiger partial charge in [0.2, 0.25) is 5.91 Å². The Bertz CT molecular complexity index is 724. The molecule has 3 aliphatic heterocycles. The van der Waals surface area contributed by atoms with Crippen LogP contribution in [-0.4, -0.2) is 59.7 Å². The lowest BCUT2D eigenvalue weighted by molar-refractivity contribution is -0.138. The van der Waals surface area contributed by atoms with Crippen molar-refractivity contribution in [2.75, 3.05) is 39.4 Å². The number of piperidine rings is 1. The minimum atomic E-state index is 0.0722. The molecule has 0 aliphatic carbocycles. The Balaban J connectivity index is 1.52. The molecule has 142 valence electrons. The van der Waals surface area contributed by atoms with E-state index in [1.165, 1.54) is 12.8 Å². The predicted octanol–water partition coefficient (Wildman–Crippen LogP) is 1.43. The maximum Gasteiger partial charge on any atom is 0.255 e. The average molecular weight is 359 g/mol. The van der Waals surface area contributed by atoms with Crippen LogP contribution in [-0.2, 0) is 22.6 Å². The summed E-state index contributed by atoms with van der Waals surface area (Å²) >= 11 is 0. The van der Waals surface area contributed by atoms with Crippen LogP contribution >= 0.6 is 0 Å². The molecule has 1 amide bonds. The van der Waals surface area contributed by atoms with Crippen LogP contribution < -0.4 is 5.56 Å². The van der Waals surface area contributed by atoms with Crippen molar-refractivity contribution in [1.29, 1.82) is 0 Å². The van der Waals surface area contributed by atoms with Gasteiger partial charge in [-0.15, -0.1) is 0 Å². The van der Waals surface area contributed by atoms with Crippen LogP contribution in [0.3, 0.4) is 0 Å². The highest BCUT2D eigenvalue weighted by molar-refractivity contribution is 5.77. The summed E-state index contributed by atoms with van der Waals surface area (Å²) < 4.78 is 7.28. The predicted molar refractivity (Wildman–Crippen MR) is 99.1 cm³/mol. The first kappa shape index (κ1) is 17.7. The second-order valence-electron chi connectivity index (χ2n) is 7.92. The Morgan fingerprint density at radius 1 is 1.19 bits per heavy atom. The molecule has 2 atom stereocenters. The van der Waals surface area contributed by atoms with Crippen LogP contribution in [0, 0.1) is 5.92 Å². The molecule has 0 radical (unpaired) electrons. The lowest BCUT2D eigenvalue weighted by Gasteiger charge is -2.43. The first-order valence-electron chi connectivity index (χ1n) is 9.96. The van der Waals surface area contributed by atoms with Crippen LogP contribution in [0.5, 0.6) is 0 Å². The molecule has 0 saturated carbocycles. The van der Waals surface area contributed by atoms with Gasteiger partial charge in [0.05, 0.1) is 0 Å². The molecule has 0 unspecified atom stereocenters. The first-order valence-corrected chi connectivity index (χ1v) is 9.96. The minimum Gasteiger partial charge on any atom is -0.372 e. The number of carbonyl (C=O) groups is 1. The smallest absolute Gasteiger partial charge is 0.255 e. The van der Waals surface area contributed by atoms with Gasteiger partial charge in [-0.25, -0.2) is 0 Å². The monoisotopic (exact) mass is 359 g/mol. The number of fused-ring (bicyclic) bond motifs is 4. The molecular weight excluding hydrogens is 330 g/mol. The number of aromatic nitrogens is 1. The highest BCUT2D eigenvalue weighted by Gasteiger charge is 2.36. The summed E-state index contributed by atoms with van der Waals surface area (Å²) in [6, 6.07) is 4.15. The fourth-order valence-electron chi connectivity index (χ4n) is 4.78. The van der Waals surface area contributed by atoms with E-state index in [0.717, 1.165) is 50.4 Å². The Morgan fingerprint density at radius 3 is 2.77 bits per heavy atom. The molecule has 26 heavy (non-hydrogen) atoms. The van der Waals surface area contributed by atoms with Gasteiger partial charge in [-0.3, -0.25) is 14.5 Å². The van der Waals surface area contributed by atoms with Gasteiger partial charge in [-0.2, -0.15) is 0 Å². The molecule has 3 aliphatic rings. The number of rotatable bonds is 5. The molecule has 4 rings (SSSR count). The van der Waals surface area contributed by atoms with Crippen LogP contribution in [0.25, 0.3) is 0 Å². The Morgan fingerprint density at radius 2 is 2.00 bits per heavy atom. The van der Waals surface area contributed by atoms with Crippen molar-refractivity contribution in [2.45, 2.75) is 45.2 Å². The molecule has 2 fully saturated rings. The van der Waals surface area contributed by atoms with E-state index in [1.807, 2.05) is 22.5 Å². The minimum absolute atomic E-state index is 0.0722. The van der Waals surface area contributed by atoms with Gasteiger partial charge in [0.15, 0.2) is 0 Å². The maximum absolute atomic E-state index is 13.0. The van der Waals surface area contributed by atoms with E-state index in [4.69, 9.17) is 4.74 Å². The van der Waals surface area contributed by atoms with E-state index in [1.54, 1.807) is 0 Å². The molecule has 2 saturated heterocycles. The number of carbonyl (C=O) groups excluding carboxylic acids is 1. The molecule has 4 heterocycles. The number of pyridine rings is 1. The lowest BCUT2D eigenvalue weighted by atomic mass is 9.83. The Hall–Kier alpha value is -1.66. The quantitative estimate of drug-likeness (QED) is 0.798. The van der Waals surface area contributed by atoms with E-state index < -0.39 is 0 Å². The van der Waals surface area contributed by atoms with Crippen molar-refractivity contribution in [1.82, 2.24) is 14.4 Å². The number of hydrogen-bond donors (Lipinski definition) is 0. The maximum atomic E-state index is 13.0. The zero-order valence-electron chi connectivity index (χ0n) is 15.7. The first-order chi connectivity index (χ1) is 12.7. The molecule has 1 aromatic rings. The standard InChI is InChI=1S/C20H29N3O3/c1-2-26-14-19(24)22-10-15-9-17(13-22)18-6-5-16(20(25)23(18)11-15)12-21-7-3-4-8-21/h5-6,15,17H,2-4,7-14H2,1H3/t15-,17+/m0/s1. The zero-order valence-corrected chi connectivity index (χ0v) is 15.7. The zero-order chi connectivity index (χ0) is 18.1. The summed E-state index contributed by atoms with van der Waals surface area (Å²) in [4.78, 5) is 29.7. The molecule has 6 heteroatoms. The molecule has 1 aromatic heterocycles. The normalized spacial score (nSPS) is 25.3. The fourth-order valence-corrected chi connectivity index (χ4v) is 4.78. The highest BCUT2D eigenvalue weighted by Crippen LogP contribution is 2.35. The van der Waals surface area contributed by atoms with Gasteiger partial charge in [0.1, 0.15) is 6.61 Å². The van der Waals surface area contributed by atoms with Gasteiger partial charge >= 0.3 is 0 Å².